The van der Waals surface area contributed by atoms with Gasteiger partial charge in [0.2, 0.25) is 0 Å². The zero-order valence-electron chi connectivity index (χ0n) is 11.8. The molecule has 1 atom stereocenters. The first-order chi connectivity index (χ1) is 10.3. The summed E-state index contributed by atoms with van der Waals surface area (Å²) in [6, 6.07) is 12.3. The second kappa shape index (κ2) is 6.32. The SMILES string of the molecule is CC(NCCc1ccco1)c1cccc(-n2cnnn2)c1. The summed E-state index contributed by atoms with van der Waals surface area (Å²) in [4.78, 5) is 0. The Kier molecular flexibility index (Phi) is 4.07. The maximum Gasteiger partial charge on any atom is 0.143 e. The maximum atomic E-state index is 5.32. The van der Waals surface area contributed by atoms with Crippen LogP contribution in [-0.4, -0.2) is 26.8 Å². The molecular weight excluding hydrogens is 266 g/mol. The average molecular weight is 283 g/mol. The number of hydrogen-bond acceptors (Lipinski definition) is 5. The summed E-state index contributed by atoms with van der Waals surface area (Å²) in [7, 11) is 0. The summed E-state index contributed by atoms with van der Waals surface area (Å²) < 4.78 is 6.98. The van der Waals surface area contributed by atoms with E-state index >= 15 is 0 Å². The lowest BCUT2D eigenvalue weighted by Gasteiger charge is -2.14. The highest BCUT2D eigenvalue weighted by molar-refractivity contribution is 5.35. The lowest BCUT2D eigenvalue weighted by Crippen LogP contribution is -2.21. The minimum Gasteiger partial charge on any atom is -0.469 e. The van der Waals surface area contributed by atoms with Gasteiger partial charge in [0.05, 0.1) is 12.0 Å². The number of aromatic nitrogens is 4. The van der Waals surface area contributed by atoms with Gasteiger partial charge >= 0.3 is 0 Å². The molecule has 0 spiro atoms. The minimum absolute atomic E-state index is 0.247. The first kappa shape index (κ1) is 13.5. The fraction of sp³-hybridized carbons (Fsp3) is 0.267. The van der Waals surface area contributed by atoms with E-state index in [0.29, 0.717) is 0 Å². The van der Waals surface area contributed by atoms with E-state index in [9.17, 15) is 0 Å². The first-order valence-electron chi connectivity index (χ1n) is 6.92. The molecule has 3 rings (SSSR count). The smallest absolute Gasteiger partial charge is 0.143 e. The molecule has 0 saturated heterocycles. The molecule has 0 aliphatic rings. The molecule has 2 heterocycles. The lowest BCUT2D eigenvalue weighted by molar-refractivity contribution is 0.486. The molecule has 1 unspecified atom stereocenters. The zero-order valence-corrected chi connectivity index (χ0v) is 11.8. The van der Waals surface area contributed by atoms with Crippen molar-refractivity contribution in [2.75, 3.05) is 6.54 Å². The molecule has 6 heteroatoms. The maximum absolute atomic E-state index is 5.32. The molecule has 21 heavy (non-hydrogen) atoms. The number of nitrogens with zero attached hydrogens (tertiary/aromatic N) is 4. The summed E-state index contributed by atoms with van der Waals surface area (Å²) in [5, 5.41) is 14.7. The Morgan fingerprint density at radius 1 is 1.29 bits per heavy atom. The van der Waals surface area contributed by atoms with Crippen molar-refractivity contribution < 1.29 is 4.42 Å². The highest BCUT2D eigenvalue weighted by Gasteiger charge is 2.07. The van der Waals surface area contributed by atoms with Crippen LogP contribution >= 0.6 is 0 Å². The molecule has 1 N–H and O–H groups in total. The van der Waals surface area contributed by atoms with Crippen LogP contribution in [0.2, 0.25) is 0 Å². The standard InChI is InChI=1S/C15H17N5O/c1-12(16-8-7-15-6-3-9-21-15)13-4-2-5-14(10-13)20-11-17-18-19-20/h2-6,9-12,16H,7-8H2,1H3. The van der Waals surface area contributed by atoms with Gasteiger partial charge < -0.3 is 9.73 Å². The fourth-order valence-electron chi connectivity index (χ4n) is 2.20. The van der Waals surface area contributed by atoms with Crippen LogP contribution in [0.15, 0.2) is 53.4 Å². The van der Waals surface area contributed by atoms with Crippen LogP contribution in [0.5, 0.6) is 0 Å². The monoisotopic (exact) mass is 283 g/mol. The largest absolute Gasteiger partial charge is 0.469 e. The van der Waals surface area contributed by atoms with Gasteiger partial charge in [-0.3, -0.25) is 0 Å². The van der Waals surface area contributed by atoms with Crippen LogP contribution in [-0.2, 0) is 6.42 Å². The topological polar surface area (TPSA) is 68.8 Å². The highest BCUT2D eigenvalue weighted by Crippen LogP contribution is 2.16. The molecule has 0 radical (unpaired) electrons. The van der Waals surface area contributed by atoms with Crippen LogP contribution in [0.1, 0.15) is 24.3 Å². The minimum atomic E-state index is 0.247. The van der Waals surface area contributed by atoms with Gasteiger partial charge in [0.1, 0.15) is 12.1 Å². The van der Waals surface area contributed by atoms with Gasteiger partial charge in [-0.15, -0.1) is 5.10 Å². The first-order valence-corrected chi connectivity index (χ1v) is 6.92. The van der Waals surface area contributed by atoms with Crippen molar-refractivity contribution in [3.05, 3.63) is 60.3 Å². The van der Waals surface area contributed by atoms with Gasteiger partial charge in [-0.05, 0) is 47.2 Å². The number of rotatable bonds is 6. The van der Waals surface area contributed by atoms with Crippen molar-refractivity contribution >= 4 is 0 Å². The molecule has 0 fully saturated rings. The second-order valence-electron chi connectivity index (χ2n) is 4.85. The predicted octanol–water partition coefficient (Wildman–Crippen LogP) is 2.15. The number of benzene rings is 1. The Morgan fingerprint density at radius 2 is 2.24 bits per heavy atom. The van der Waals surface area contributed by atoms with Gasteiger partial charge in [0, 0.05) is 19.0 Å². The molecule has 0 amide bonds. The molecule has 6 nitrogen and oxygen atoms in total. The van der Waals surface area contributed by atoms with E-state index in [2.05, 4.69) is 39.9 Å². The molecule has 0 saturated carbocycles. The summed E-state index contributed by atoms with van der Waals surface area (Å²) >= 11 is 0. The van der Waals surface area contributed by atoms with Crippen molar-refractivity contribution in [2.24, 2.45) is 0 Å². The number of furan rings is 1. The van der Waals surface area contributed by atoms with E-state index in [1.807, 2.05) is 24.3 Å². The molecule has 3 aromatic rings. The average Bonchev–Trinajstić information content (AvgIpc) is 3.21. The van der Waals surface area contributed by atoms with Gasteiger partial charge in [-0.2, -0.15) is 0 Å². The summed E-state index contributed by atoms with van der Waals surface area (Å²) in [6.45, 7) is 3.00. The van der Waals surface area contributed by atoms with Gasteiger partial charge in [-0.25, -0.2) is 4.68 Å². The van der Waals surface area contributed by atoms with E-state index in [1.54, 1.807) is 17.3 Å². The van der Waals surface area contributed by atoms with E-state index in [4.69, 9.17) is 4.42 Å². The Balaban J connectivity index is 1.62. The van der Waals surface area contributed by atoms with Crippen LogP contribution in [0.4, 0.5) is 0 Å². The van der Waals surface area contributed by atoms with Crippen LogP contribution < -0.4 is 5.32 Å². The van der Waals surface area contributed by atoms with Gasteiger partial charge in [0.15, 0.2) is 0 Å². The Hall–Kier alpha value is -2.47. The van der Waals surface area contributed by atoms with E-state index in [0.717, 1.165) is 24.4 Å². The van der Waals surface area contributed by atoms with E-state index in [-0.39, 0.29) is 6.04 Å². The Labute approximate surface area is 122 Å². The fourth-order valence-corrected chi connectivity index (χ4v) is 2.20. The van der Waals surface area contributed by atoms with Crippen molar-refractivity contribution in [3.63, 3.8) is 0 Å². The highest BCUT2D eigenvalue weighted by atomic mass is 16.3. The van der Waals surface area contributed by atoms with Crippen molar-refractivity contribution in [2.45, 2.75) is 19.4 Å². The van der Waals surface area contributed by atoms with Crippen molar-refractivity contribution in [3.8, 4) is 5.69 Å². The van der Waals surface area contributed by atoms with Gasteiger partial charge in [-0.1, -0.05) is 12.1 Å². The quantitative estimate of drug-likeness (QED) is 0.750. The van der Waals surface area contributed by atoms with Crippen molar-refractivity contribution in [1.29, 1.82) is 0 Å². The van der Waals surface area contributed by atoms with Crippen molar-refractivity contribution in [1.82, 2.24) is 25.5 Å². The third kappa shape index (κ3) is 3.35. The Bertz CT molecular complexity index is 663. The molecular formula is C15H17N5O. The van der Waals surface area contributed by atoms with Crippen LogP contribution in [0.25, 0.3) is 5.69 Å². The predicted molar refractivity (Wildman–Crippen MR) is 78.0 cm³/mol. The van der Waals surface area contributed by atoms with E-state index < -0.39 is 0 Å². The molecule has 2 aromatic heterocycles. The van der Waals surface area contributed by atoms with Crippen LogP contribution in [0, 0.1) is 0 Å². The third-order valence-corrected chi connectivity index (χ3v) is 3.39. The summed E-state index contributed by atoms with van der Waals surface area (Å²) in [6.07, 6.45) is 4.17. The number of nitrogens with one attached hydrogen (secondary N) is 1. The molecule has 108 valence electrons. The number of hydrogen-bond donors (Lipinski definition) is 1. The third-order valence-electron chi connectivity index (χ3n) is 3.39. The second-order valence-corrected chi connectivity index (χ2v) is 4.85. The summed E-state index contributed by atoms with van der Waals surface area (Å²) in [5.41, 5.74) is 2.15. The normalized spacial score (nSPS) is 12.4. The summed E-state index contributed by atoms with van der Waals surface area (Å²) in [5.74, 6) is 0.997. The number of tetrazole rings is 1. The molecule has 0 bridgehead atoms. The molecule has 0 aliphatic carbocycles. The molecule has 0 aliphatic heterocycles. The Morgan fingerprint density at radius 3 is 3.00 bits per heavy atom. The van der Waals surface area contributed by atoms with Gasteiger partial charge in [0.25, 0.3) is 0 Å². The zero-order chi connectivity index (χ0) is 14.5. The lowest BCUT2D eigenvalue weighted by atomic mass is 10.1. The molecule has 1 aromatic carbocycles. The van der Waals surface area contributed by atoms with E-state index in [1.165, 1.54) is 5.56 Å². The van der Waals surface area contributed by atoms with Crippen LogP contribution in [0.3, 0.4) is 0 Å².